The molecule has 3 aromatic carbocycles. The third-order valence-electron chi connectivity index (χ3n) is 7.37. The highest BCUT2D eigenvalue weighted by Gasteiger charge is 2.56. The molecule has 0 saturated heterocycles. The lowest BCUT2D eigenvalue weighted by atomic mass is 9.61. The van der Waals surface area contributed by atoms with Crippen molar-refractivity contribution in [2.75, 3.05) is 10.6 Å². The largest absolute Gasteiger partial charge is 0.389 e. The fraction of sp³-hybridized carbons (Fsp3) is 0.323. The molecule has 0 aromatic heterocycles. The summed E-state index contributed by atoms with van der Waals surface area (Å²) >= 11 is 6.31. The second-order valence-electron chi connectivity index (χ2n) is 10.7. The van der Waals surface area contributed by atoms with E-state index in [1.165, 1.54) is 6.92 Å². The Morgan fingerprint density at radius 3 is 1.97 bits per heavy atom. The molecule has 198 valence electrons. The molecule has 2 amide bonds. The van der Waals surface area contributed by atoms with Crippen LogP contribution in [0.2, 0.25) is 5.02 Å². The molecule has 4 rings (SSSR count). The van der Waals surface area contributed by atoms with Crippen LogP contribution < -0.4 is 10.6 Å². The summed E-state index contributed by atoms with van der Waals surface area (Å²) in [6, 6.07) is 18.2. The molecule has 3 N–H and O–H groups in total. The number of hydrogen-bond donors (Lipinski definition) is 3. The molecule has 0 spiro atoms. The van der Waals surface area contributed by atoms with Crippen molar-refractivity contribution in [3.8, 4) is 0 Å². The zero-order valence-electron chi connectivity index (χ0n) is 22.3. The van der Waals surface area contributed by atoms with Gasteiger partial charge in [-0.1, -0.05) is 48.0 Å². The molecule has 4 unspecified atom stereocenters. The Bertz CT molecular complexity index is 1410. The zero-order valence-corrected chi connectivity index (χ0v) is 23.0. The van der Waals surface area contributed by atoms with Gasteiger partial charge in [0.1, 0.15) is 11.7 Å². The molecule has 38 heavy (non-hydrogen) atoms. The number of amides is 2. The summed E-state index contributed by atoms with van der Waals surface area (Å²) < 4.78 is 0. The minimum atomic E-state index is -1.69. The SMILES string of the molecule is Cc1ccc(C)c(NC(=O)C2C(=O)CC(C)(O)C(C(=O)Nc3cc(C)ccc3C)C2c2cccc(Cl)c2)c1. The van der Waals surface area contributed by atoms with Crippen molar-refractivity contribution in [3.63, 3.8) is 0 Å². The molecule has 0 aliphatic heterocycles. The van der Waals surface area contributed by atoms with Gasteiger partial charge < -0.3 is 15.7 Å². The maximum absolute atomic E-state index is 13.9. The first-order valence-corrected chi connectivity index (χ1v) is 13.0. The van der Waals surface area contributed by atoms with E-state index < -0.39 is 41.0 Å². The number of carbonyl (C=O) groups is 3. The van der Waals surface area contributed by atoms with Crippen molar-refractivity contribution in [1.82, 2.24) is 0 Å². The smallest absolute Gasteiger partial charge is 0.235 e. The maximum atomic E-state index is 13.9. The van der Waals surface area contributed by atoms with Crippen LogP contribution in [0.5, 0.6) is 0 Å². The highest BCUT2D eigenvalue weighted by atomic mass is 35.5. The van der Waals surface area contributed by atoms with Gasteiger partial charge in [0, 0.05) is 28.7 Å². The predicted molar refractivity (Wildman–Crippen MR) is 151 cm³/mol. The Morgan fingerprint density at radius 2 is 1.42 bits per heavy atom. The first kappa shape index (κ1) is 27.6. The number of halogens is 1. The van der Waals surface area contributed by atoms with E-state index in [4.69, 9.17) is 11.6 Å². The molecule has 3 aromatic rings. The third-order valence-corrected chi connectivity index (χ3v) is 7.60. The topological polar surface area (TPSA) is 95.5 Å². The summed E-state index contributed by atoms with van der Waals surface area (Å²) in [4.78, 5) is 41.2. The van der Waals surface area contributed by atoms with Gasteiger partial charge in [0.05, 0.1) is 11.5 Å². The summed E-state index contributed by atoms with van der Waals surface area (Å²) in [7, 11) is 0. The summed E-state index contributed by atoms with van der Waals surface area (Å²) in [5.41, 5.74) is 3.69. The van der Waals surface area contributed by atoms with Gasteiger partial charge in [0.15, 0.2) is 0 Å². The first-order valence-electron chi connectivity index (χ1n) is 12.6. The van der Waals surface area contributed by atoms with Crippen LogP contribution in [-0.4, -0.2) is 28.3 Å². The van der Waals surface area contributed by atoms with E-state index in [1.807, 2.05) is 64.1 Å². The van der Waals surface area contributed by atoms with Crippen molar-refractivity contribution in [1.29, 1.82) is 0 Å². The molecular formula is C31H33ClN2O4. The van der Waals surface area contributed by atoms with Crippen LogP contribution in [0.1, 0.15) is 47.1 Å². The molecule has 1 aliphatic rings. The van der Waals surface area contributed by atoms with Gasteiger partial charge in [0.2, 0.25) is 11.8 Å². The molecule has 1 fully saturated rings. The van der Waals surface area contributed by atoms with Crippen molar-refractivity contribution in [3.05, 3.63) is 93.5 Å². The molecular weight excluding hydrogens is 500 g/mol. The molecule has 6 nitrogen and oxygen atoms in total. The Balaban J connectivity index is 1.80. The average Bonchev–Trinajstić information content (AvgIpc) is 2.82. The van der Waals surface area contributed by atoms with Crippen LogP contribution in [0.4, 0.5) is 11.4 Å². The average molecular weight is 533 g/mol. The number of benzene rings is 3. The van der Waals surface area contributed by atoms with Crippen LogP contribution in [0.15, 0.2) is 60.7 Å². The van der Waals surface area contributed by atoms with E-state index >= 15 is 0 Å². The fourth-order valence-electron chi connectivity index (χ4n) is 5.37. The predicted octanol–water partition coefficient (Wildman–Crippen LogP) is 5.89. The van der Waals surface area contributed by atoms with Gasteiger partial charge >= 0.3 is 0 Å². The van der Waals surface area contributed by atoms with Gasteiger partial charge in [-0.25, -0.2) is 0 Å². The molecule has 0 radical (unpaired) electrons. The van der Waals surface area contributed by atoms with Crippen LogP contribution in [-0.2, 0) is 14.4 Å². The number of anilines is 2. The molecule has 1 saturated carbocycles. The van der Waals surface area contributed by atoms with Gasteiger partial charge in [-0.3, -0.25) is 14.4 Å². The van der Waals surface area contributed by atoms with Crippen LogP contribution in [0.25, 0.3) is 0 Å². The number of aliphatic hydroxyl groups is 1. The Kier molecular flexibility index (Phi) is 7.77. The lowest BCUT2D eigenvalue weighted by molar-refractivity contribution is -0.150. The normalized spacial score (nSPS) is 23.1. The minimum Gasteiger partial charge on any atom is -0.389 e. The van der Waals surface area contributed by atoms with Crippen molar-refractivity contribution >= 4 is 40.6 Å². The zero-order chi connectivity index (χ0) is 27.8. The second-order valence-corrected chi connectivity index (χ2v) is 11.1. The highest BCUT2D eigenvalue weighted by Crippen LogP contribution is 2.47. The summed E-state index contributed by atoms with van der Waals surface area (Å²) in [5, 5.41) is 17.8. The number of ketones is 1. The van der Waals surface area contributed by atoms with Gasteiger partial charge in [-0.15, -0.1) is 0 Å². The first-order chi connectivity index (χ1) is 17.9. The molecule has 4 atom stereocenters. The Morgan fingerprint density at radius 1 is 0.868 bits per heavy atom. The number of Topliss-reactive ketones (excluding diaryl/α,β-unsaturated/α-hetero) is 1. The van der Waals surface area contributed by atoms with Crippen molar-refractivity contribution in [2.45, 2.75) is 52.6 Å². The number of aryl methyl sites for hydroxylation is 4. The monoisotopic (exact) mass is 532 g/mol. The Hall–Kier alpha value is -3.48. The van der Waals surface area contributed by atoms with Crippen molar-refractivity contribution in [2.24, 2.45) is 11.8 Å². The molecule has 0 heterocycles. The van der Waals surface area contributed by atoms with E-state index in [2.05, 4.69) is 10.6 Å². The molecule has 0 bridgehead atoms. The summed E-state index contributed by atoms with van der Waals surface area (Å²) in [5.74, 6) is -4.67. The van der Waals surface area contributed by atoms with Crippen molar-refractivity contribution < 1.29 is 19.5 Å². The van der Waals surface area contributed by atoms with Crippen LogP contribution in [0, 0.1) is 39.5 Å². The Labute approximate surface area is 228 Å². The second kappa shape index (κ2) is 10.7. The quantitative estimate of drug-likeness (QED) is 0.357. The number of hydrogen-bond acceptors (Lipinski definition) is 4. The molecule has 7 heteroatoms. The number of nitrogens with one attached hydrogen (secondary N) is 2. The van der Waals surface area contributed by atoms with E-state index in [-0.39, 0.29) is 6.42 Å². The van der Waals surface area contributed by atoms with Gasteiger partial charge in [-0.05, 0) is 86.7 Å². The van der Waals surface area contributed by atoms with E-state index in [0.717, 1.165) is 22.3 Å². The highest BCUT2D eigenvalue weighted by molar-refractivity contribution is 6.30. The maximum Gasteiger partial charge on any atom is 0.235 e. The summed E-state index contributed by atoms with van der Waals surface area (Å²) in [6.07, 6.45) is -0.333. The lowest BCUT2D eigenvalue weighted by Gasteiger charge is -2.44. The minimum absolute atomic E-state index is 0.333. The third kappa shape index (κ3) is 5.66. The number of carbonyl (C=O) groups excluding carboxylic acids is 3. The van der Waals surface area contributed by atoms with E-state index in [0.29, 0.717) is 22.0 Å². The van der Waals surface area contributed by atoms with E-state index in [9.17, 15) is 19.5 Å². The van der Waals surface area contributed by atoms with Gasteiger partial charge in [0.25, 0.3) is 0 Å². The van der Waals surface area contributed by atoms with Crippen LogP contribution >= 0.6 is 11.6 Å². The fourth-order valence-corrected chi connectivity index (χ4v) is 5.57. The number of rotatable bonds is 5. The standard InChI is InChI=1S/C31H33ClN2O4/c1-17-9-11-19(3)23(13-17)33-29(36)27-25(35)16-31(5,38)28(26(27)21-7-6-8-22(32)15-21)30(37)34-24-14-18(2)10-12-20(24)4/h6-15,26-28,38H,16H2,1-5H3,(H,33,36)(H,34,37). The lowest BCUT2D eigenvalue weighted by Crippen LogP contribution is -2.56. The molecule has 1 aliphatic carbocycles. The van der Waals surface area contributed by atoms with Gasteiger partial charge in [-0.2, -0.15) is 0 Å². The summed E-state index contributed by atoms with van der Waals surface area (Å²) in [6.45, 7) is 9.08. The van der Waals surface area contributed by atoms with E-state index in [1.54, 1.807) is 24.3 Å². The van der Waals surface area contributed by atoms with Crippen LogP contribution in [0.3, 0.4) is 0 Å².